The van der Waals surface area contributed by atoms with E-state index < -0.39 is 5.97 Å². The van der Waals surface area contributed by atoms with Crippen LogP contribution >= 0.6 is 0 Å². The van der Waals surface area contributed by atoms with E-state index in [1.807, 2.05) is 30.5 Å². The number of nitrogens with one attached hydrogen (secondary N) is 1. The number of benzene rings is 1. The van der Waals surface area contributed by atoms with Crippen molar-refractivity contribution < 1.29 is 9.90 Å². The number of nitrogens with zero attached hydrogens (tertiary/aromatic N) is 1. The van der Waals surface area contributed by atoms with E-state index in [0.717, 1.165) is 24.1 Å². The fourth-order valence-electron chi connectivity index (χ4n) is 2.50. The molecule has 122 valence electrons. The van der Waals surface area contributed by atoms with Crippen LogP contribution in [0.1, 0.15) is 36.6 Å². The summed E-state index contributed by atoms with van der Waals surface area (Å²) in [5.41, 5.74) is 3.42. The molecule has 1 heterocycles. The van der Waals surface area contributed by atoms with Crippen LogP contribution in [-0.2, 0) is 24.2 Å². The van der Waals surface area contributed by atoms with Crippen molar-refractivity contribution in [2.24, 2.45) is 0 Å². The van der Waals surface area contributed by atoms with Crippen molar-refractivity contribution in [3.05, 3.63) is 65.5 Å². The predicted octanol–water partition coefficient (Wildman–Crippen LogP) is 3.21. The SMILES string of the molecule is CCc1ccc(CNC(CCC(=O)O)Cc2ccccc2)cn1. The maximum atomic E-state index is 10.9. The smallest absolute Gasteiger partial charge is 0.303 e. The molecule has 1 aromatic carbocycles. The van der Waals surface area contributed by atoms with Gasteiger partial charge in [-0.15, -0.1) is 0 Å². The lowest BCUT2D eigenvalue weighted by molar-refractivity contribution is -0.137. The van der Waals surface area contributed by atoms with Gasteiger partial charge in [-0.2, -0.15) is 0 Å². The van der Waals surface area contributed by atoms with Crippen LogP contribution in [0.4, 0.5) is 0 Å². The van der Waals surface area contributed by atoms with Gasteiger partial charge in [-0.1, -0.05) is 43.3 Å². The Labute approximate surface area is 137 Å². The summed E-state index contributed by atoms with van der Waals surface area (Å²) in [5, 5.41) is 12.4. The van der Waals surface area contributed by atoms with E-state index in [2.05, 4.69) is 35.4 Å². The van der Waals surface area contributed by atoms with Crippen LogP contribution in [-0.4, -0.2) is 22.1 Å². The van der Waals surface area contributed by atoms with Crippen molar-refractivity contribution in [1.82, 2.24) is 10.3 Å². The van der Waals surface area contributed by atoms with E-state index in [1.54, 1.807) is 0 Å². The third-order valence-electron chi connectivity index (χ3n) is 3.87. The highest BCUT2D eigenvalue weighted by Gasteiger charge is 2.11. The molecule has 23 heavy (non-hydrogen) atoms. The number of aromatic nitrogens is 1. The first-order valence-corrected chi connectivity index (χ1v) is 8.10. The Balaban J connectivity index is 1.94. The topological polar surface area (TPSA) is 62.2 Å². The Morgan fingerprint density at radius 3 is 2.57 bits per heavy atom. The number of pyridine rings is 1. The molecule has 0 bridgehead atoms. The number of carbonyl (C=O) groups is 1. The normalized spacial score (nSPS) is 12.0. The molecule has 0 aliphatic rings. The van der Waals surface area contributed by atoms with Gasteiger partial charge in [-0.05, 0) is 36.5 Å². The van der Waals surface area contributed by atoms with Gasteiger partial charge in [0.15, 0.2) is 0 Å². The standard InChI is InChI=1S/C19H24N2O2/c1-2-17-9-8-16(13-20-17)14-21-18(10-11-19(22)23)12-15-6-4-3-5-7-15/h3-9,13,18,21H,2,10-12,14H2,1H3,(H,22,23). The summed E-state index contributed by atoms with van der Waals surface area (Å²) in [6, 6.07) is 14.4. The highest BCUT2D eigenvalue weighted by Crippen LogP contribution is 2.09. The molecule has 0 amide bonds. The highest BCUT2D eigenvalue weighted by molar-refractivity contribution is 5.66. The number of rotatable bonds is 9. The lowest BCUT2D eigenvalue weighted by Gasteiger charge is -2.18. The van der Waals surface area contributed by atoms with Crippen molar-refractivity contribution >= 4 is 5.97 Å². The van der Waals surface area contributed by atoms with Crippen molar-refractivity contribution in [1.29, 1.82) is 0 Å². The average molecular weight is 312 g/mol. The van der Waals surface area contributed by atoms with E-state index in [1.165, 1.54) is 5.56 Å². The lowest BCUT2D eigenvalue weighted by Crippen LogP contribution is -2.31. The van der Waals surface area contributed by atoms with Crippen LogP contribution in [0, 0.1) is 0 Å². The Hall–Kier alpha value is -2.20. The van der Waals surface area contributed by atoms with Gasteiger partial charge in [0.25, 0.3) is 0 Å². The summed E-state index contributed by atoms with van der Waals surface area (Å²) in [5.74, 6) is -0.751. The first-order chi connectivity index (χ1) is 11.2. The van der Waals surface area contributed by atoms with Gasteiger partial charge in [-0.3, -0.25) is 9.78 Å². The zero-order valence-electron chi connectivity index (χ0n) is 13.5. The second kappa shape index (κ2) is 9.06. The van der Waals surface area contributed by atoms with Gasteiger partial charge >= 0.3 is 5.97 Å². The predicted molar refractivity (Wildman–Crippen MR) is 91.3 cm³/mol. The highest BCUT2D eigenvalue weighted by atomic mass is 16.4. The molecular weight excluding hydrogens is 288 g/mol. The molecule has 1 aromatic heterocycles. The fraction of sp³-hybridized carbons (Fsp3) is 0.368. The molecule has 2 aromatic rings. The van der Waals surface area contributed by atoms with E-state index in [9.17, 15) is 4.79 Å². The van der Waals surface area contributed by atoms with Crippen molar-refractivity contribution in [3.8, 4) is 0 Å². The summed E-state index contributed by atoms with van der Waals surface area (Å²) in [7, 11) is 0. The van der Waals surface area contributed by atoms with E-state index in [-0.39, 0.29) is 12.5 Å². The summed E-state index contributed by atoms with van der Waals surface area (Å²) in [6.07, 6.45) is 4.45. The van der Waals surface area contributed by atoms with E-state index >= 15 is 0 Å². The Morgan fingerprint density at radius 2 is 1.96 bits per heavy atom. The maximum Gasteiger partial charge on any atom is 0.303 e. The molecule has 4 heteroatoms. The number of aryl methyl sites for hydroxylation is 1. The second-order valence-corrected chi connectivity index (χ2v) is 5.71. The fourth-order valence-corrected chi connectivity index (χ4v) is 2.50. The summed E-state index contributed by atoms with van der Waals surface area (Å²) in [4.78, 5) is 15.3. The van der Waals surface area contributed by atoms with Crippen molar-refractivity contribution in [2.75, 3.05) is 0 Å². The number of carboxylic acids is 1. The Morgan fingerprint density at radius 1 is 1.17 bits per heavy atom. The number of hydrogen-bond acceptors (Lipinski definition) is 3. The first-order valence-electron chi connectivity index (χ1n) is 8.10. The molecule has 4 nitrogen and oxygen atoms in total. The van der Waals surface area contributed by atoms with Gasteiger partial charge in [0.1, 0.15) is 0 Å². The van der Waals surface area contributed by atoms with Gasteiger partial charge in [0.05, 0.1) is 0 Å². The number of carboxylic acid groups (broad SMARTS) is 1. The van der Waals surface area contributed by atoms with E-state index in [4.69, 9.17) is 5.11 Å². The summed E-state index contributed by atoms with van der Waals surface area (Å²) in [6.45, 7) is 2.79. The van der Waals surface area contributed by atoms with Crippen LogP contribution in [0.2, 0.25) is 0 Å². The van der Waals surface area contributed by atoms with Gasteiger partial charge in [0, 0.05) is 30.9 Å². The molecule has 1 unspecified atom stereocenters. The van der Waals surface area contributed by atoms with Crippen molar-refractivity contribution in [3.63, 3.8) is 0 Å². The van der Waals surface area contributed by atoms with Crippen LogP contribution in [0.3, 0.4) is 0 Å². The molecule has 0 saturated heterocycles. The zero-order valence-corrected chi connectivity index (χ0v) is 13.5. The number of aliphatic carboxylic acids is 1. The Bertz CT molecular complexity index is 597. The molecule has 0 fully saturated rings. The van der Waals surface area contributed by atoms with Gasteiger partial charge < -0.3 is 10.4 Å². The largest absolute Gasteiger partial charge is 0.481 e. The summed E-state index contributed by atoms with van der Waals surface area (Å²) >= 11 is 0. The molecule has 0 aliphatic heterocycles. The molecule has 2 N–H and O–H groups in total. The molecule has 0 radical (unpaired) electrons. The first kappa shape index (κ1) is 17.2. The molecule has 2 rings (SSSR count). The van der Waals surface area contributed by atoms with Gasteiger partial charge in [-0.25, -0.2) is 0 Å². The van der Waals surface area contributed by atoms with Crippen LogP contribution in [0.15, 0.2) is 48.7 Å². The minimum atomic E-state index is -0.751. The molecular formula is C19H24N2O2. The zero-order chi connectivity index (χ0) is 16.5. The van der Waals surface area contributed by atoms with Crippen LogP contribution in [0.5, 0.6) is 0 Å². The van der Waals surface area contributed by atoms with Crippen molar-refractivity contribution in [2.45, 2.75) is 45.2 Å². The van der Waals surface area contributed by atoms with Crippen LogP contribution < -0.4 is 5.32 Å². The number of hydrogen-bond donors (Lipinski definition) is 2. The Kier molecular flexibility index (Phi) is 6.76. The monoisotopic (exact) mass is 312 g/mol. The maximum absolute atomic E-state index is 10.9. The van der Waals surface area contributed by atoms with Crippen LogP contribution in [0.25, 0.3) is 0 Å². The molecule has 0 saturated carbocycles. The quantitative estimate of drug-likeness (QED) is 0.746. The summed E-state index contributed by atoms with van der Waals surface area (Å²) < 4.78 is 0. The minimum absolute atomic E-state index is 0.138. The third-order valence-corrected chi connectivity index (χ3v) is 3.87. The van der Waals surface area contributed by atoms with E-state index in [0.29, 0.717) is 13.0 Å². The third kappa shape index (κ3) is 6.20. The van der Waals surface area contributed by atoms with Gasteiger partial charge in [0.2, 0.25) is 0 Å². The molecule has 1 atom stereocenters. The molecule has 0 spiro atoms. The average Bonchev–Trinajstić information content (AvgIpc) is 2.58. The lowest BCUT2D eigenvalue weighted by atomic mass is 10.0. The molecule has 0 aliphatic carbocycles. The second-order valence-electron chi connectivity index (χ2n) is 5.71. The minimum Gasteiger partial charge on any atom is -0.481 e.